The molecule has 1 aromatic heterocycles. The summed E-state index contributed by atoms with van der Waals surface area (Å²) in [6.07, 6.45) is 2.37. The summed E-state index contributed by atoms with van der Waals surface area (Å²) in [7, 11) is -3.39. The minimum Gasteiger partial charge on any atom is -0.301 e. The SMILES string of the molecule is Cc1cc(C)c(-c2csc(NC(=O)C3CCCN3S(C)(=O)=O)n2)cc1C. The zero-order valence-corrected chi connectivity index (χ0v) is 17.0. The van der Waals surface area contributed by atoms with Crippen LogP contribution in [-0.2, 0) is 14.8 Å². The van der Waals surface area contributed by atoms with Crippen LogP contribution in [0, 0.1) is 20.8 Å². The average Bonchev–Trinajstić information content (AvgIpc) is 3.19. The molecule has 0 saturated carbocycles. The number of nitrogens with zero attached hydrogens (tertiary/aromatic N) is 2. The highest BCUT2D eigenvalue weighted by Crippen LogP contribution is 2.30. The van der Waals surface area contributed by atoms with E-state index in [4.69, 9.17) is 0 Å². The quantitative estimate of drug-likeness (QED) is 0.866. The molecule has 1 N–H and O–H groups in total. The highest BCUT2D eigenvalue weighted by atomic mass is 32.2. The number of anilines is 1. The summed E-state index contributed by atoms with van der Waals surface area (Å²) >= 11 is 1.35. The highest BCUT2D eigenvalue weighted by molar-refractivity contribution is 7.88. The molecule has 1 saturated heterocycles. The number of benzene rings is 1. The van der Waals surface area contributed by atoms with Gasteiger partial charge in [-0.15, -0.1) is 11.3 Å². The molecule has 8 heteroatoms. The molecule has 1 aliphatic rings. The van der Waals surface area contributed by atoms with Crippen LogP contribution in [0.15, 0.2) is 17.5 Å². The predicted molar refractivity (Wildman–Crippen MR) is 105 cm³/mol. The van der Waals surface area contributed by atoms with Crippen LogP contribution in [0.4, 0.5) is 5.13 Å². The van der Waals surface area contributed by atoms with Gasteiger partial charge in [-0.05, 0) is 56.4 Å². The van der Waals surface area contributed by atoms with Crippen LogP contribution in [0.25, 0.3) is 11.3 Å². The molecule has 0 aliphatic carbocycles. The first-order valence-electron chi connectivity index (χ1n) is 8.48. The molecule has 1 fully saturated rings. The Bertz CT molecular complexity index is 951. The van der Waals surface area contributed by atoms with Crippen molar-refractivity contribution in [2.45, 2.75) is 39.7 Å². The van der Waals surface area contributed by atoms with Crippen LogP contribution in [0.3, 0.4) is 0 Å². The van der Waals surface area contributed by atoms with Gasteiger partial charge < -0.3 is 5.32 Å². The second-order valence-corrected chi connectivity index (χ2v) is 9.60. The lowest BCUT2D eigenvalue weighted by atomic mass is 9.99. The van der Waals surface area contributed by atoms with Gasteiger partial charge in [0.1, 0.15) is 6.04 Å². The van der Waals surface area contributed by atoms with Crippen LogP contribution in [0.5, 0.6) is 0 Å². The van der Waals surface area contributed by atoms with Crippen LogP contribution < -0.4 is 5.32 Å². The lowest BCUT2D eigenvalue weighted by Crippen LogP contribution is -2.42. The standard InChI is InChI=1S/C18H23N3O3S2/c1-11-8-13(3)14(9-12(11)2)15-10-25-18(19-15)20-17(22)16-6-5-7-21(16)26(4,23)24/h8-10,16H,5-7H2,1-4H3,(H,19,20,22). The van der Waals surface area contributed by atoms with Gasteiger partial charge in [-0.1, -0.05) is 6.07 Å². The molecule has 0 radical (unpaired) electrons. The first kappa shape index (κ1) is 19.0. The zero-order chi connectivity index (χ0) is 19.1. The maximum Gasteiger partial charge on any atom is 0.244 e. The molecular weight excluding hydrogens is 370 g/mol. The number of carbonyl (C=O) groups excluding carboxylic acids is 1. The smallest absolute Gasteiger partial charge is 0.244 e. The molecule has 2 heterocycles. The Morgan fingerprint density at radius 1 is 1.23 bits per heavy atom. The Morgan fingerprint density at radius 2 is 1.92 bits per heavy atom. The zero-order valence-electron chi connectivity index (χ0n) is 15.4. The third-order valence-electron chi connectivity index (χ3n) is 4.78. The van der Waals surface area contributed by atoms with Gasteiger partial charge in [0, 0.05) is 17.5 Å². The molecule has 3 rings (SSSR count). The molecule has 0 spiro atoms. The molecule has 1 aromatic carbocycles. The maximum absolute atomic E-state index is 12.5. The van der Waals surface area contributed by atoms with Gasteiger partial charge in [-0.25, -0.2) is 13.4 Å². The number of hydrogen-bond donors (Lipinski definition) is 1. The number of amides is 1. The van der Waals surface area contributed by atoms with Crippen molar-refractivity contribution in [1.82, 2.24) is 9.29 Å². The predicted octanol–water partition coefficient (Wildman–Crippen LogP) is 3.10. The lowest BCUT2D eigenvalue weighted by Gasteiger charge is -2.20. The second-order valence-electron chi connectivity index (χ2n) is 6.81. The van der Waals surface area contributed by atoms with E-state index in [1.165, 1.54) is 26.8 Å². The van der Waals surface area contributed by atoms with Crippen LogP contribution in [0.2, 0.25) is 0 Å². The van der Waals surface area contributed by atoms with Crippen molar-refractivity contribution >= 4 is 32.4 Å². The summed E-state index contributed by atoms with van der Waals surface area (Å²) in [5.41, 5.74) is 5.42. The normalized spacial score (nSPS) is 18.2. The fourth-order valence-electron chi connectivity index (χ4n) is 3.28. The first-order valence-corrected chi connectivity index (χ1v) is 11.2. The molecule has 0 bridgehead atoms. The van der Waals surface area contributed by atoms with Gasteiger partial charge in [0.25, 0.3) is 0 Å². The van der Waals surface area contributed by atoms with E-state index in [2.05, 4.69) is 36.3 Å². The number of carbonyl (C=O) groups is 1. The Labute approximate surface area is 158 Å². The van der Waals surface area contributed by atoms with Crippen LogP contribution >= 0.6 is 11.3 Å². The minimum absolute atomic E-state index is 0.314. The maximum atomic E-state index is 12.5. The van der Waals surface area contributed by atoms with Gasteiger partial charge >= 0.3 is 0 Å². The Morgan fingerprint density at radius 3 is 2.62 bits per heavy atom. The van der Waals surface area contributed by atoms with E-state index in [0.717, 1.165) is 23.1 Å². The Kier molecular flexibility index (Phi) is 5.18. The van der Waals surface area contributed by atoms with E-state index >= 15 is 0 Å². The first-order chi connectivity index (χ1) is 12.2. The Balaban J connectivity index is 1.79. The van der Waals surface area contributed by atoms with Crippen LogP contribution in [-0.4, -0.2) is 42.5 Å². The minimum atomic E-state index is -3.39. The Hall–Kier alpha value is -1.77. The topological polar surface area (TPSA) is 79.4 Å². The van der Waals surface area contributed by atoms with E-state index in [0.29, 0.717) is 24.5 Å². The molecule has 140 valence electrons. The molecule has 6 nitrogen and oxygen atoms in total. The van der Waals surface area contributed by atoms with Gasteiger partial charge in [0.15, 0.2) is 5.13 Å². The van der Waals surface area contributed by atoms with Crippen molar-refractivity contribution in [3.8, 4) is 11.3 Å². The van der Waals surface area contributed by atoms with E-state index in [1.54, 1.807) is 0 Å². The van der Waals surface area contributed by atoms with Crippen LogP contribution in [0.1, 0.15) is 29.5 Å². The van der Waals surface area contributed by atoms with E-state index in [-0.39, 0.29) is 5.91 Å². The van der Waals surface area contributed by atoms with Crippen molar-refractivity contribution < 1.29 is 13.2 Å². The number of aryl methyl sites for hydroxylation is 3. The summed E-state index contributed by atoms with van der Waals surface area (Å²) in [4.78, 5) is 17.1. The molecule has 1 amide bonds. The summed E-state index contributed by atoms with van der Waals surface area (Å²) in [5.74, 6) is -0.314. The number of aromatic nitrogens is 1. The number of thiazole rings is 1. The molecule has 1 unspecified atom stereocenters. The van der Waals surface area contributed by atoms with E-state index in [9.17, 15) is 13.2 Å². The number of rotatable bonds is 4. The van der Waals surface area contributed by atoms with Gasteiger partial charge in [0.2, 0.25) is 15.9 Å². The number of sulfonamides is 1. The third-order valence-corrected chi connectivity index (χ3v) is 6.83. The van der Waals surface area contributed by atoms with Gasteiger partial charge in [-0.3, -0.25) is 4.79 Å². The highest BCUT2D eigenvalue weighted by Gasteiger charge is 2.36. The van der Waals surface area contributed by atoms with E-state index < -0.39 is 16.1 Å². The molecule has 1 aliphatic heterocycles. The summed E-state index contributed by atoms with van der Waals surface area (Å²) in [5, 5.41) is 5.19. The monoisotopic (exact) mass is 393 g/mol. The second kappa shape index (κ2) is 7.09. The summed E-state index contributed by atoms with van der Waals surface area (Å²) in [6, 6.07) is 3.58. The van der Waals surface area contributed by atoms with Crippen molar-refractivity contribution in [3.63, 3.8) is 0 Å². The van der Waals surface area contributed by atoms with Gasteiger partial charge in [0.05, 0.1) is 11.9 Å². The lowest BCUT2D eigenvalue weighted by molar-refractivity contribution is -0.119. The summed E-state index contributed by atoms with van der Waals surface area (Å²) in [6.45, 7) is 6.57. The van der Waals surface area contributed by atoms with Crippen molar-refractivity contribution in [2.75, 3.05) is 18.1 Å². The molecule has 26 heavy (non-hydrogen) atoms. The van der Waals surface area contributed by atoms with Crippen molar-refractivity contribution in [3.05, 3.63) is 34.2 Å². The fraction of sp³-hybridized carbons (Fsp3) is 0.444. The molecule has 1 atom stereocenters. The summed E-state index contributed by atoms with van der Waals surface area (Å²) < 4.78 is 24.9. The largest absolute Gasteiger partial charge is 0.301 e. The van der Waals surface area contributed by atoms with Crippen molar-refractivity contribution in [1.29, 1.82) is 0 Å². The number of hydrogen-bond acceptors (Lipinski definition) is 5. The van der Waals surface area contributed by atoms with Gasteiger partial charge in [-0.2, -0.15) is 4.31 Å². The van der Waals surface area contributed by atoms with Crippen molar-refractivity contribution in [2.24, 2.45) is 0 Å². The molecule has 2 aromatic rings. The average molecular weight is 394 g/mol. The molecular formula is C18H23N3O3S2. The number of nitrogens with one attached hydrogen (secondary N) is 1. The third kappa shape index (κ3) is 3.82. The fourth-order valence-corrected chi connectivity index (χ4v) is 5.12. The van der Waals surface area contributed by atoms with E-state index in [1.807, 2.05) is 12.3 Å².